The number of aliphatic hydroxyl groups excluding tert-OH is 1. The first-order valence-corrected chi connectivity index (χ1v) is 4.60. The number of urea groups is 1. The number of aliphatic hydroxyl groups is 1. The molecule has 0 saturated heterocycles. The number of rotatable bonds is 7. The Labute approximate surface area is 88.0 Å². The van der Waals surface area contributed by atoms with Crippen molar-refractivity contribution in [2.24, 2.45) is 0 Å². The normalized spacial score (nSPS) is 11.5. The second-order valence-electron chi connectivity index (χ2n) is 2.88. The summed E-state index contributed by atoms with van der Waals surface area (Å²) in [5.41, 5.74) is 0. The van der Waals surface area contributed by atoms with Gasteiger partial charge in [-0.25, -0.2) is 9.59 Å². The molecular formula is C9H16N2O4. The van der Waals surface area contributed by atoms with Gasteiger partial charge in [-0.15, -0.1) is 6.58 Å². The number of nitrogens with one attached hydrogen (secondary N) is 2. The van der Waals surface area contributed by atoms with Crippen molar-refractivity contribution in [3.8, 4) is 0 Å². The number of carboxylic acids is 1. The molecule has 0 unspecified atom stereocenters. The predicted molar refractivity (Wildman–Crippen MR) is 54.5 cm³/mol. The average Bonchev–Trinajstić information content (AvgIpc) is 2.17. The average molecular weight is 216 g/mol. The summed E-state index contributed by atoms with van der Waals surface area (Å²) in [4.78, 5) is 21.7. The Morgan fingerprint density at radius 3 is 2.60 bits per heavy atom. The van der Waals surface area contributed by atoms with Crippen LogP contribution in [0, 0.1) is 0 Å². The van der Waals surface area contributed by atoms with E-state index in [0.717, 1.165) is 0 Å². The van der Waals surface area contributed by atoms with E-state index < -0.39 is 18.0 Å². The van der Waals surface area contributed by atoms with Crippen molar-refractivity contribution < 1.29 is 19.8 Å². The summed E-state index contributed by atoms with van der Waals surface area (Å²) in [5, 5.41) is 21.9. The van der Waals surface area contributed by atoms with Crippen LogP contribution in [0.25, 0.3) is 0 Å². The molecule has 2 amide bonds. The largest absolute Gasteiger partial charge is 0.480 e. The van der Waals surface area contributed by atoms with Crippen molar-refractivity contribution in [1.29, 1.82) is 0 Å². The molecule has 0 rings (SSSR count). The molecule has 0 aliphatic rings. The standard InChI is InChI=1S/C9H16N2O4/c1-2-3-5-10-9(15)11-7(4-6-12)8(13)14/h2,7,12H,1,3-6H2,(H,13,14)(H2,10,11,15)/t7-/m1/s1. The molecule has 15 heavy (non-hydrogen) atoms. The summed E-state index contributed by atoms with van der Waals surface area (Å²) in [6, 6.07) is -1.61. The van der Waals surface area contributed by atoms with Crippen LogP contribution in [-0.2, 0) is 4.79 Å². The highest BCUT2D eigenvalue weighted by Crippen LogP contribution is 1.91. The van der Waals surface area contributed by atoms with Gasteiger partial charge >= 0.3 is 12.0 Å². The van der Waals surface area contributed by atoms with Crippen molar-refractivity contribution in [3.63, 3.8) is 0 Å². The Bertz CT molecular complexity index is 230. The van der Waals surface area contributed by atoms with Gasteiger partial charge in [-0.2, -0.15) is 0 Å². The molecule has 0 radical (unpaired) electrons. The first-order chi connectivity index (χ1) is 7.11. The third kappa shape index (κ3) is 6.50. The summed E-state index contributed by atoms with van der Waals surface area (Å²) >= 11 is 0. The van der Waals surface area contributed by atoms with Crippen LogP contribution in [0.3, 0.4) is 0 Å². The minimum absolute atomic E-state index is 0.00971. The van der Waals surface area contributed by atoms with Crippen LogP contribution in [0.4, 0.5) is 4.79 Å². The Hall–Kier alpha value is -1.56. The van der Waals surface area contributed by atoms with E-state index in [1.54, 1.807) is 6.08 Å². The summed E-state index contributed by atoms with van der Waals surface area (Å²) in [7, 11) is 0. The van der Waals surface area contributed by atoms with Crippen LogP contribution in [0.1, 0.15) is 12.8 Å². The number of carbonyl (C=O) groups is 2. The fraction of sp³-hybridized carbons (Fsp3) is 0.556. The maximum atomic E-state index is 11.1. The van der Waals surface area contributed by atoms with Crippen LogP contribution in [-0.4, -0.2) is 41.4 Å². The molecule has 0 aromatic rings. The Kier molecular flexibility index (Phi) is 7.00. The van der Waals surface area contributed by atoms with Gasteiger partial charge in [0.25, 0.3) is 0 Å². The van der Waals surface area contributed by atoms with Gasteiger partial charge in [-0.3, -0.25) is 0 Å². The lowest BCUT2D eigenvalue weighted by molar-refractivity contribution is -0.139. The van der Waals surface area contributed by atoms with Crippen LogP contribution in [0.2, 0.25) is 0 Å². The molecule has 0 spiro atoms. The Morgan fingerprint density at radius 1 is 1.47 bits per heavy atom. The van der Waals surface area contributed by atoms with E-state index in [1.165, 1.54) is 0 Å². The highest BCUT2D eigenvalue weighted by atomic mass is 16.4. The number of aliphatic carboxylic acids is 1. The van der Waals surface area contributed by atoms with Crippen LogP contribution >= 0.6 is 0 Å². The van der Waals surface area contributed by atoms with Crippen molar-refractivity contribution in [1.82, 2.24) is 10.6 Å². The van der Waals surface area contributed by atoms with Gasteiger partial charge in [0.15, 0.2) is 0 Å². The van der Waals surface area contributed by atoms with E-state index in [1.807, 2.05) is 0 Å². The molecule has 0 heterocycles. The highest BCUT2D eigenvalue weighted by Gasteiger charge is 2.18. The fourth-order valence-electron chi connectivity index (χ4n) is 0.884. The summed E-state index contributed by atoms with van der Waals surface area (Å²) in [5.74, 6) is -1.16. The molecule has 0 aromatic heterocycles. The SMILES string of the molecule is C=CCCNC(=O)N[C@H](CCO)C(=O)O. The van der Waals surface area contributed by atoms with Crippen molar-refractivity contribution in [3.05, 3.63) is 12.7 Å². The summed E-state index contributed by atoms with van der Waals surface area (Å²) in [6.45, 7) is 3.59. The van der Waals surface area contributed by atoms with Gasteiger partial charge in [-0.05, 0) is 6.42 Å². The van der Waals surface area contributed by atoms with Crippen LogP contribution in [0.15, 0.2) is 12.7 Å². The number of carboxylic acid groups (broad SMARTS) is 1. The highest BCUT2D eigenvalue weighted by molar-refractivity contribution is 5.82. The van der Waals surface area contributed by atoms with E-state index >= 15 is 0 Å². The molecule has 1 atom stereocenters. The molecule has 6 heteroatoms. The zero-order valence-corrected chi connectivity index (χ0v) is 8.40. The number of amides is 2. The van der Waals surface area contributed by atoms with Crippen LogP contribution in [0.5, 0.6) is 0 Å². The maximum Gasteiger partial charge on any atom is 0.326 e. The van der Waals surface area contributed by atoms with Gasteiger partial charge in [0.2, 0.25) is 0 Å². The molecular weight excluding hydrogens is 200 g/mol. The van der Waals surface area contributed by atoms with E-state index in [-0.39, 0.29) is 13.0 Å². The van der Waals surface area contributed by atoms with E-state index in [0.29, 0.717) is 13.0 Å². The Morgan fingerprint density at radius 2 is 2.13 bits per heavy atom. The van der Waals surface area contributed by atoms with E-state index in [9.17, 15) is 9.59 Å². The first-order valence-electron chi connectivity index (χ1n) is 4.60. The summed E-state index contributed by atoms with van der Waals surface area (Å²) in [6.07, 6.45) is 2.25. The molecule has 0 aliphatic carbocycles. The van der Waals surface area contributed by atoms with Crippen LogP contribution < -0.4 is 10.6 Å². The lowest BCUT2D eigenvalue weighted by atomic mass is 10.2. The molecule has 0 saturated carbocycles. The first kappa shape index (κ1) is 13.4. The third-order valence-electron chi connectivity index (χ3n) is 1.66. The number of carbonyl (C=O) groups excluding carboxylic acids is 1. The lowest BCUT2D eigenvalue weighted by Gasteiger charge is -2.13. The summed E-state index contributed by atoms with van der Waals surface area (Å²) < 4.78 is 0. The van der Waals surface area contributed by atoms with Crippen molar-refractivity contribution >= 4 is 12.0 Å². The van der Waals surface area contributed by atoms with Crippen molar-refractivity contribution in [2.75, 3.05) is 13.2 Å². The molecule has 86 valence electrons. The second-order valence-corrected chi connectivity index (χ2v) is 2.88. The third-order valence-corrected chi connectivity index (χ3v) is 1.66. The molecule has 4 N–H and O–H groups in total. The molecule has 6 nitrogen and oxygen atoms in total. The molecule has 0 aliphatic heterocycles. The van der Waals surface area contributed by atoms with Gasteiger partial charge < -0.3 is 20.8 Å². The fourth-order valence-corrected chi connectivity index (χ4v) is 0.884. The maximum absolute atomic E-state index is 11.1. The number of hydrogen-bond acceptors (Lipinski definition) is 3. The predicted octanol–water partition coefficient (Wildman–Crippen LogP) is -0.303. The quantitative estimate of drug-likeness (QED) is 0.347. The zero-order chi connectivity index (χ0) is 11.7. The molecule has 0 fully saturated rings. The van der Waals surface area contributed by atoms with E-state index in [2.05, 4.69) is 17.2 Å². The van der Waals surface area contributed by atoms with Gasteiger partial charge in [-0.1, -0.05) is 6.08 Å². The second kappa shape index (κ2) is 7.81. The van der Waals surface area contributed by atoms with Gasteiger partial charge in [0.1, 0.15) is 6.04 Å². The lowest BCUT2D eigenvalue weighted by Crippen LogP contribution is -2.46. The van der Waals surface area contributed by atoms with Gasteiger partial charge in [0.05, 0.1) is 0 Å². The molecule has 0 bridgehead atoms. The van der Waals surface area contributed by atoms with E-state index in [4.69, 9.17) is 10.2 Å². The minimum atomic E-state index is -1.16. The van der Waals surface area contributed by atoms with Gasteiger partial charge in [0, 0.05) is 19.6 Å². The topological polar surface area (TPSA) is 98.7 Å². The monoisotopic (exact) mass is 216 g/mol. The minimum Gasteiger partial charge on any atom is -0.480 e. The molecule has 0 aromatic carbocycles. The smallest absolute Gasteiger partial charge is 0.326 e. The van der Waals surface area contributed by atoms with Crippen molar-refractivity contribution in [2.45, 2.75) is 18.9 Å². The number of hydrogen-bond donors (Lipinski definition) is 4. The Balaban J connectivity index is 3.88. The zero-order valence-electron chi connectivity index (χ0n) is 8.40.